The molecule has 0 amide bonds. The minimum Gasteiger partial charge on any atom is -0.456 e. The maximum atomic E-state index is 9.93. The van der Waals surface area contributed by atoms with Crippen molar-refractivity contribution >= 4 is 43.7 Å². The van der Waals surface area contributed by atoms with Crippen molar-refractivity contribution in [3.8, 4) is 97.5 Å². The first-order valence-electron chi connectivity index (χ1n) is 22.4. The van der Waals surface area contributed by atoms with Gasteiger partial charge in [-0.15, -0.1) is 0 Å². The van der Waals surface area contributed by atoms with Crippen LogP contribution in [0.5, 0.6) is 0 Å². The summed E-state index contributed by atoms with van der Waals surface area (Å²) in [5.74, 6) is 1.51. The highest BCUT2D eigenvalue weighted by molar-refractivity contribution is 6.14. The molecule has 0 saturated carbocycles. The number of rotatable bonds is 7. The fourth-order valence-electron chi connectivity index (χ4n) is 9.51. The molecule has 0 N–H and O–H groups in total. The second kappa shape index (κ2) is 16.8. The first kappa shape index (κ1) is 41.0. The smallest absolute Gasteiger partial charge is 0.166 e. The third-order valence-corrected chi connectivity index (χ3v) is 12.7. The lowest BCUT2D eigenvalue weighted by Crippen LogP contribution is -2.04. The van der Waals surface area contributed by atoms with Crippen LogP contribution in [-0.2, 0) is 0 Å². The minimum absolute atomic E-state index is 0.385. The molecular weight excluding hydrogens is 861 g/mol. The number of aromatic nitrogens is 4. The van der Waals surface area contributed by atoms with Crippen molar-refractivity contribution in [3.05, 3.63) is 216 Å². The number of benzene rings is 9. The van der Waals surface area contributed by atoms with Gasteiger partial charge in [-0.2, -0.15) is 21.0 Å². The van der Waals surface area contributed by atoms with Crippen LogP contribution in [-0.4, -0.2) is 19.5 Å². The van der Waals surface area contributed by atoms with Crippen molar-refractivity contribution in [2.45, 2.75) is 0 Å². The summed E-state index contributed by atoms with van der Waals surface area (Å²) in [6, 6.07) is 71.9. The molecule has 0 atom stereocenters. The molecule has 9 nitrogen and oxygen atoms in total. The van der Waals surface area contributed by atoms with Gasteiger partial charge >= 0.3 is 0 Å². The third-order valence-electron chi connectivity index (χ3n) is 12.7. The van der Waals surface area contributed by atoms with E-state index in [1.54, 1.807) is 36.4 Å². The van der Waals surface area contributed by atoms with Gasteiger partial charge in [-0.1, -0.05) is 109 Å². The van der Waals surface area contributed by atoms with Gasteiger partial charge in [-0.3, -0.25) is 0 Å². The van der Waals surface area contributed by atoms with Crippen LogP contribution >= 0.6 is 0 Å². The Bertz CT molecular complexity index is 4040. The van der Waals surface area contributed by atoms with Gasteiger partial charge in [0.15, 0.2) is 17.5 Å². The molecule has 0 spiro atoms. The van der Waals surface area contributed by atoms with Gasteiger partial charge in [0.1, 0.15) is 11.2 Å². The molecule has 322 valence electrons. The number of furan rings is 1. The number of hydrogen-bond donors (Lipinski definition) is 0. The number of hydrogen-bond acceptors (Lipinski definition) is 8. The van der Waals surface area contributed by atoms with Crippen LogP contribution in [0.25, 0.3) is 117 Å². The summed E-state index contributed by atoms with van der Waals surface area (Å²) in [7, 11) is 0. The van der Waals surface area contributed by atoms with Gasteiger partial charge in [0.25, 0.3) is 0 Å². The molecule has 0 aliphatic carbocycles. The summed E-state index contributed by atoms with van der Waals surface area (Å²) in [5.41, 5.74) is 13.1. The molecule has 0 unspecified atom stereocenters. The topological polar surface area (TPSA) is 152 Å². The van der Waals surface area contributed by atoms with E-state index in [-0.39, 0.29) is 0 Å². The molecule has 70 heavy (non-hydrogen) atoms. The summed E-state index contributed by atoms with van der Waals surface area (Å²) in [6.45, 7) is 0. The molecule has 3 aromatic heterocycles. The zero-order valence-electron chi connectivity index (χ0n) is 37.0. The average molecular weight is 893 g/mol. The van der Waals surface area contributed by atoms with Crippen molar-refractivity contribution in [3.63, 3.8) is 0 Å². The van der Waals surface area contributed by atoms with Crippen molar-refractivity contribution in [1.82, 2.24) is 19.5 Å². The summed E-state index contributed by atoms with van der Waals surface area (Å²) in [4.78, 5) is 15.6. The van der Waals surface area contributed by atoms with E-state index in [4.69, 9.17) is 19.4 Å². The van der Waals surface area contributed by atoms with Crippen LogP contribution < -0.4 is 0 Å². The van der Waals surface area contributed by atoms with Crippen LogP contribution in [0.3, 0.4) is 0 Å². The number of fused-ring (bicyclic) bond motifs is 6. The van der Waals surface area contributed by atoms with E-state index >= 15 is 0 Å². The lowest BCUT2D eigenvalue weighted by molar-refractivity contribution is 0.669. The Balaban J connectivity index is 1.17. The molecule has 0 saturated heterocycles. The number of nitriles is 4. The molecule has 0 fully saturated rings. The van der Waals surface area contributed by atoms with Crippen LogP contribution in [0.1, 0.15) is 22.3 Å². The van der Waals surface area contributed by atoms with Gasteiger partial charge < -0.3 is 8.98 Å². The highest BCUT2D eigenvalue weighted by Gasteiger charge is 2.23. The summed E-state index contributed by atoms with van der Waals surface area (Å²) < 4.78 is 8.59. The largest absolute Gasteiger partial charge is 0.456 e. The molecule has 3 heterocycles. The van der Waals surface area contributed by atoms with Gasteiger partial charge in [-0.05, 0) is 118 Å². The maximum Gasteiger partial charge on any atom is 0.166 e. The summed E-state index contributed by atoms with van der Waals surface area (Å²) in [5, 5.41) is 43.5. The molecule has 0 radical (unpaired) electrons. The quantitative estimate of drug-likeness (QED) is 0.153. The lowest BCUT2D eigenvalue weighted by Gasteiger charge is -2.17. The second-order valence-corrected chi connectivity index (χ2v) is 16.9. The Hall–Kier alpha value is -10.5. The van der Waals surface area contributed by atoms with Crippen molar-refractivity contribution in [1.29, 1.82) is 21.0 Å². The maximum absolute atomic E-state index is 9.93. The van der Waals surface area contributed by atoms with Gasteiger partial charge in [0.05, 0.1) is 63.3 Å². The van der Waals surface area contributed by atoms with E-state index in [2.05, 4.69) is 83.4 Å². The Kier molecular flexibility index (Phi) is 9.82. The van der Waals surface area contributed by atoms with E-state index in [1.807, 2.05) is 103 Å². The second-order valence-electron chi connectivity index (χ2n) is 16.9. The molecule has 9 heteroatoms. The number of nitrogens with zero attached hydrogens (tertiary/aromatic N) is 8. The molecule has 12 aromatic rings. The molecule has 0 aliphatic heterocycles. The zero-order chi connectivity index (χ0) is 47.3. The van der Waals surface area contributed by atoms with Gasteiger partial charge in [0, 0.05) is 38.2 Å². The van der Waals surface area contributed by atoms with E-state index in [1.165, 1.54) is 0 Å². The molecule has 12 rings (SSSR count). The van der Waals surface area contributed by atoms with Crippen molar-refractivity contribution in [2.75, 3.05) is 0 Å². The van der Waals surface area contributed by atoms with Gasteiger partial charge in [-0.25, -0.2) is 15.0 Å². The highest BCUT2D eigenvalue weighted by Crippen LogP contribution is 2.43. The van der Waals surface area contributed by atoms with E-state index in [0.29, 0.717) is 39.7 Å². The van der Waals surface area contributed by atoms with Crippen LogP contribution in [0, 0.1) is 45.3 Å². The third kappa shape index (κ3) is 7.05. The molecular formula is C61H32N8O. The monoisotopic (exact) mass is 892 g/mol. The zero-order valence-corrected chi connectivity index (χ0v) is 37.0. The Labute approximate surface area is 400 Å². The first-order valence-corrected chi connectivity index (χ1v) is 22.4. The average Bonchev–Trinajstić information content (AvgIpc) is 3.98. The van der Waals surface area contributed by atoms with Crippen LogP contribution in [0.15, 0.2) is 199 Å². The molecule has 9 aromatic carbocycles. The normalized spacial score (nSPS) is 11.1. The fraction of sp³-hybridized carbons (Fsp3) is 0. The summed E-state index contributed by atoms with van der Waals surface area (Å²) in [6.07, 6.45) is 0. The minimum atomic E-state index is 0.385. The predicted octanol–water partition coefficient (Wildman–Crippen LogP) is 14.4. The molecule has 0 bridgehead atoms. The van der Waals surface area contributed by atoms with E-state index in [0.717, 1.165) is 99.5 Å². The fourth-order valence-corrected chi connectivity index (χ4v) is 9.51. The first-order chi connectivity index (χ1) is 34.5. The summed E-state index contributed by atoms with van der Waals surface area (Å²) >= 11 is 0. The Morgan fingerprint density at radius 1 is 0.343 bits per heavy atom. The highest BCUT2D eigenvalue weighted by atomic mass is 16.3. The Morgan fingerprint density at radius 2 is 0.829 bits per heavy atom. The van der Waals surface area contributed by atoms with E-state index in [9.17, 15) is 21.0 Å². The van der Waals surface area contributed by atoms with Crippen LogP contribution in [0.4, 0.5) is 0 Å². The molecule has 0 aliphatic rings. The predicted molar refractivity (Wildman–Crippen MR) is 273 cm³/mol. The van der Waals surface area contributed by atoms with Crippen molar-refractivity contribution < 1.29 is 4.42 Å². The van der Waals surface area contributed by atoms with E-state index < -0.39 is 0 Å². The number of para-hydroxylation sites is 1. The standard InChI is InChI=1S/C61H32N8O/c62-33-37-24-38(34-63)27-46(26-37)43-18-21-53-50(30-43)51-31-44(47-28-39(35-64)25-40(29-47)36-65)19-22-54(51)69(53)55-23-20-45(48-15-9-17-57-58(48)49-14-7-8-16-56(49)70-57)32-52(55)61-67-59(41-10-3-1-4-11-41)66-60(68-61)42-12-5-2-6-13-42/h1-32H. The van der Waals surface area contributed by atoms with Crippen molar-refractivity contribution in [2.24, 2.45) is 0 Å². The van der Waals surface area contributed by atoms with Crippen LogP contribution in [0.2, 0.25) is 0 Å². The lowest BCUT2D eigenvalue weighted by atomic mass is 9.96. The Morgan fingerprint density at radius 3 is 1.37 bits per heavy atom. The SMILES string of the molecule is N#Cc1cc(C#N)cc(-c2ccc3c(c2)c2cc(-c4cc(C#N)cc(C#N)c4)ccc2n3-c2ccc(-c3cccc4oc5ccccc5c34)cc2-c2nc(-c3ccccc3)nc(-c3ccccc3)n2)c1. The van der Waals surface area contributed by atoms with Gasteiger partial charge in [0.2, 0.25) is 0 Å².